The second-order valence-corrected chi connectivity index (χ2v) is 39.8. The molecule has 0 amide bonds. The Morgan fingerprint density at radius 2 is 0.423 bits per heavy atom. The molecule has 0 unspecified atom stereocenters. The molecule has 3 heterocycles. The van der Waals surface area contributed by atoms with Crippen molar-refractivity contribution in [3.05, 3.63) is 519 Å². The summed E-state index contributed by atoms with van der Waals surface area (Å²) in [6, 6.07) is 107. The van der Waals surface area contributed by atoms with Crippen molar-refractivity contribution in [3.63, 3.8) is 0 Å². The summed E-state index contributed by atoms with van der Waals surface area (Å²) in [6.45, 7) is 8.78. The van der Waals surface area contributed by atoms with Crippen molar-refractivity contribution in [2.24, 2.45) is 0 Å². The second-order valence-electron chi connectivity index (χ2n) is 39.8. The molecule has 2 aliphatic carbocycles. The highest BCUT2D eigenvalue weighted by atomic mass is 16.3. The molecule has 3 heteroatoms. The molecule has 0 aliphatic heterocycles. The molecule has 0 radical (unpaired) electrons. The third-order valence-electron chi connectivity index (χ3n) is 31.3. The van der Waals surface area contributed by atoms with Gasteiger partial charge in [0.05, 0.1) is 32.9 Å². The predicted molar refractivity (Wildman–Crippen MR) is 632 cm³/mol. The van der Waals surface area contributed by atoms with Gasteiger partial charge in [-0.1, -0.05) is 458 Å². The number of rotatable bonds is 8. The van der Waals surface area contributed by atoms with E-state index >= 15 is 0 Å². The van der Waals surface area contributed by atoms with Crippen LogP contribution in [0.2, 0.25) is 0 Å². The molecule has 2 aliphatic rings. The van der Waals surface area contributed by atoms with Crippen LogP contribution in [0.25, 0.3) is 296 Å². The van der Waals surface area contributed by atoms with Crippen LogP contribution in [0.3, 0.4) is 0 Å². The highest BCUT2D eigenvalue weighted by molar-refractivity contribution is 6.30. The van der Waals surface area contributed by atoms with Gasteiger partial charge in [0.25, 0.3) is 0 Å². The summed E-state index contributed by atoms with van der Waals surface area (Å²) < 4.78 is 239. The van der Waals surface area contributed by atoms with E-state index in [1.807, 2.05) is 249 Å². The molecular formula is C146H94O3. The Labute approximate surface area is 894 Å². The first kappa shape index (κ1) is 64.8. The topological polar surface area (TPSA) is 39.4 Å². The molecule has 0 bridgehead atoms. The van der Waals surface area contributed by atoms with E-state index in [0.717, 1.165) is 131 Å². The highest BCUT2D eigenvalue weighted by Gasteiger charge is 2.39. The standard InChI is InChI=1S/C51H34O.C50H30O.C45H30O/c1-51(2)43-20-10-9-18-41(43)49-35(19-11-21-44(49)51)32-22-24-33(25-23-32)47-37-14-5-7-16-39(37)48(40-17-8-6-15-38(40)47)34-27-28-45-42(30-34)50-36-13-4-3-12-31(36)26-29-46(50)52-45;1-2-10-31(11-3-1)33-20-24-38-34(28-33)18-19-35-29-36(21-25-39(35)38)48-41-14-6-8-16-43(41)49(44-17-9-7-15-42(44)48)37-23-26-46-45(30-37)50-40-13-5-4-12-32(40)22-27-47(50)51-46;1-45(2)37-20-10-9-18-34(37)43-35(19-11-21-38(43)45)42-32-16-7-5-14-30(32)41(31-15-6-8-17-33(31)42)28-23-24-39-36(26-28)44-29-13-4-3-12-27(29)22-25-40(44)46-39/h3-30H,1-2H3;1-30H;3-26H,1-2H3/i5D,6D,7D,8D,14D,15D,16D,17D;6D,7D,8D,9D,14D,15D,16D,17D;5D,6D,7D,8D,14D,15D,16D,17D. The van der Waals surface area contributed by atoms with E-state index in [1.165, 1.54) is 22.3 Å². The van der Waals surface area contributed by atoms with E-state index in [1.54, 1.807) is 12.1 Å². The Morgan fingerprint density at radius 3 is 0.812 bits per heavy atom. The SMILES string of the molecule is [2H]c1c([2H])c([2H])c2c(-c3ccc4oc5ccc6ccccc6c5c4c3)c3c([2H])c([2H])c([2H])c([2H])c3c(-c3ccc(-c4cccc5c4-c4ccccc4C5(C)C)cc3)c2c1[2H].[2H]c1c([2H])c([2H])c2c(-c3ccc4oc5ccc6ccccc6c5c4c3)c3c([2H])c([2H])c([2H])c([2H])c3c(-c3ccc4c(ccc5cc(-c6ccccc6)ccc54)c3)c2c1[2H].[2H]c1c([2H])c([2H])c2c(-c3cccc4c3-c3ccccc3C4(C)C)c3c([2H])c([2H])c([2H])c([2H])c3c(-c3ccc4oc5ccc6ccccc6c5c4c3)c2c1[2H]. The summed E-state index contributed by atoms with van der Waals surface area (Å²) in [6.07, 6.45) is 0. The minimum absolute atomic E-state index is 0.174. The highest BCUT2D eigenvalue weighted by Crippen LogP contribution is 2.58. The van der Waals surface area contributed by atoms with Gasteiger partial charge in [0, 0.05) is 43.1 Å². The quantitative estimate of drug-likeness (QED) is 0.112. The van der Waals surface area contributed by atoms with Crippen molar-refractivity contribution < 1.29 is 46.1 Å². The van der Waals surface area contributed by atoms with Crippen molar-refractivity contribution >= 4 is 184 Å². The first-order valence-electron chi connectivity index (χ1n) is 61.9. The maximum absolute atomic E-state index is 9.50. The lowest BCUT2D eigenvalue weighted by Crippen LogP contribution is -2.14. The van der Waals surface area contributed by atoms with Crippen molar-refractivity contribution in [1.29, 1.82) is 0 Å². The Morgan fingerprint density at radius 1 is 0.154 bits per heavy atom. The first-order valence-corrected chi connectivity index (χ1v) is 49.9. The molecular weight excluding hydrogens is 1800 g/mol. The van der Waals surface area contributed by atoms with Crippen molar-refractivity contribution in [2.45, 2.75) is 38.5 Å². The minimum atomic E-state index is -0.435. The third-order valence-corrected chi connectivity index (χ3v) is 31.3. The van der Waals surface area contributed by atoms with Crippen LogP contribution in [0, 0.1) is 0 Å². The Bertz CT molecular complexity index is 12300. The monoisotopic (exact) mass is 1920 g/mol. The zero-order valence-electron chi connectivity index (χ0n) is 105. The molecule has 27 aromatic carbocycles. The molecule has 0 saturated carbocycles. The summed E-state index contributed by atoms with van der Waals surface area (Å²) >= 11 is 0. The van der Waals surface area contributed by atoms with Crippen LogP contribution in [-0.4, -0.2) is 0 Å². The van der Waals surface area contributed by atoms with Crippen molar-refractivity contribution in [3.8, 4) is 111 Å². The predicted octanol–water partition coefficient (Wildman–Crippen LogP) is 41.4. The molecule has 3 nitrogen and oxygen atoms in total. The van der Waals surface area contributed by atoms with Gasteiger partial charge in [-0.25, -0.2) is 0 Å². The molecule has 0 fully saturated rings. The van der Waals surface area contributed by atoms with Crippen molar-refractivity contribution in [2.75, 3.05) is 0 Å². The van der Waals surface area contributed by atoms with Gasteiger partial charge in [0.1, 0.15) is 33.5 Å². The summed E-state index contributed by atoms with van der Waals surface area (Å²) in [5.41, 5.74) is 21.7. The Kier molecular flexibility index (Phi) is 14.5. The lowest BCUT2D eigenvalue weighted by molar-refractivity contribution is 0.660. The Balaban J connectivity index is 0.000000114. The van der Waals surface area contributed by atoms with E-state index in [0.29, 0.717) is 100 Å². The minimum Gasteiger partial charge on any atom is -0.456 e. The average Bonchev–Trinajstić information content (AvgIpc) is 1.44. The van der Waals surface area contributed by atoms with Crippen LogP contribution >= 0.6 is 0 Å². The summed E-state index contributed by atoms with van der Waals surface area (Å²) in [4.78, 5) is 0. The number of benzene rings is 27. The maximum atomic E-state index is 9.50. The van der Waals surface area contributed by atoms with E-state index < -0.39 is 72.5 Å². The van der Waals surface area contributed by atoms with E-state index in [-0.39, 0.29) is 148 Å². The van der Waals surface area contributed by atoms with Crippen LogP contribution < -0.4 is 0 Å². The molecule has 0 atom stereocenters. The fourth-order valence-electron chi connectivity index (χ4n) is 24.5. The number of hydrogen-bond donors (Lipinski definition) is 0. The molecule has 0 saturated heterocycles. The van der Waals surface area contributed by atoms with Gasteiger partial charge >= 0.3 is 0 Å². The van der Waals surface area contributed by atoms with Gasteiger partial charge in [0.2, 0.25) is 0 Å². The molecule has 32 rings (SSSR count). The molecule has 149 heavy (non-hydrogen) atoms. The molecule has 0 spiro atoms. The van der Waals surface area contributed by atoms with Crippen molar-refractivity contribution in [1.82, 2.24) is 0 Å². The first-order chi connectivity index (χ1) is 83.4. The second kappa shape index (κ2) is 33.4. The van der Waals surface area contributed by atoms with Crippen LogP contribution in [0.4, 0.5) is 0 Å². The fourth-order valence-corrected chi connectivity index (χ4v) is 24.5. The largest absolute Gasteiger partial charge is 0.456 e. The molecule has 30 aromatic rings. The van der Waals surface area contributed by atoms with E-state index in [4.69, 9.17) is 29.7 Å². The van der Waals surface area contributed by atoms with Gasteiger partial charge in [-0.3, -0.25) is 0 Å². The lowest BCUT2D eigenvalue weighted by atomic mass is 9.80. The molecule has 696 valence electrons. The number of furan rings is 3. The summed E-state index contributed by atoms with van der Waals surface area (Å²) in [5.74, 6) is 0. The normalized spacial score (nSPS) is 15.2. The van der Waals surface area contributed by atoms with E-state index in [2.05, 4.69) is 119 Å². The van der Waals surface area contributed by atoms with Crippen LogP contribution in [-0.2, 0) is 10.8 Å². The summed E-state index contributed by atoms with van der Waals surface area (Å²) in [5, 5.41) is 17.2. The molecule has 3 aromatic heterocycles. The summed E-state index contributed by atoms with van der Waals surface area (Å²) in [7, 11) is 0. The lowest BCUT2D eigenvalue weighted by Gasteiger charge is -2.22. The van der Waals surface area contributed by atoms with Crippen LogP contribution in [0.15, 0.2) is 510 Å². The van der Waals surface area contributed by atoms with Crippen LogP contribution in [0.5, 0.6) is 0 Å². The van der Waals surface area contributed by atoms with Gasteiger partial charge in [-0.05, 0) is 319 Å². The Hall–Kier alpha value is -18.8. The molecule has 0 N–H and O–H groups in total. The zero-order valence-corrected chi connectivity index (χ0v) is 80.7. The number of hydrogen-bond acceptors (Lipinski definition) is 3. The van der Waals surface area contributed by atoms with Gasteiger partial charge < -0.3 is 13.3 Å². The zero-order chi connectivity index (χ0) is 119. The maximum Gasteiger partial charge on any atom is 0.136 e. The van der Waals surface area contributed by atoms with E-state index in [9.17, 15) is 16.4 Å². The number of fused-ring (bicyclic) bond motifs is 30. The van der Waals surface area contributed by atoms with Gasteiger partial charge in [-0.2, -0.15) is 0 Å². The third kappa shape index (κ3) is 13.3. The average molecular weight is 1920 g/mol. The van der Waals surface area contributed by atoms with Gasteiger partial charge in [0.15, 0.2) is 0 Å². The smallest absolute Gasteiger partial charge is 0.136 e. The fraction of sp³-hybridized carbons (Fsp3) is 0.0411. The van der Waals surface area contributed by atoms with Gasteiger partial charge in [-0.15, -0.1) is 0 Å². The van der Waals surface area contributed by atoms with Crippen LogP contribution in [0.1, 0.15) is 82.8 Å².